The number of nitrogens with zero attached hydrogens (tertiary/aromatic N) is 1. The van der Waals surface area contributed by atoms with Crippen LogP contribution in [0.1, 0.15) is 18.1 Å². The standard InChI is InChI=1S/C16H27N3O3S/c1-5-23(20,21)11-10-19-16(17-3)18-9-8-14-12-13(2)6-7-15(14)22-4/h6-7,12H,5,8-11H2,1-4H3,(H2,17,18,19). The predicted molar refractivity (Wildman–Crippen MR) is 95.1 cm³/mol. The smallest absolute Gasteiger partial charge is 0.191 e. The minimum atomic E-state index is -2.96. The van der Waals surface area contributed by atoms with Crippen molar-refractivity contribution in [2.45, 2.75) is 20.3 Å². The zero-order chi connectivity index (χ0) is 17.3. The SMILES string of the molecule is CCS(=O)(=O)CCNC(=NC)NCCc1cc(C)ccc1OC. The van der Waals surface area contributed by atoms with Crippen molar-refractivity contribution < 1.29 is 13.2 Å². The molecule has 1 aromatic rings. The van der Waals surface area contributed by atoms with Gasteiger partial charge in [-0.2, -0.15) is 0 Å². The number of rotatable bonds is 8. The largest absolute Gasteiger partial charge is 0.496 e. The highest BCUT2D eigenvalue weighted by Crippen LogP contribution is 2.19. The maximum Gasteiger partial charge on any atom is 0.191 e. The van der Waals surface area contributed by atoms with E-state index >= 15 is 0 Å². The Hall–Kier alpha value is -1.76. The van der Waals surface area contributed by atoms with Crippen molar-refractivity contribution >= 4 is 15.8 Å². The Bertz CT molecular complexity index is 627. The molecule has 0 atom stereocenters. The topological polar surface area (TPSA) is 79.8 Å². The van der Waals surface area contributed by atoms with Crippen LogP contribution in [0.15, 0.2) is 23.2 Å². The first-order chi connectivity index (χ1) is 10.9. The van der Waals surface area contributed by atoms with Crippen LogP contribution >= 0.6 is 0 Å². The zero-order valence-electron chi connectivity index (χ0n) is 14.3. The van der Waals surface area contributed by atoms with E-state index in [1.165, 1.54) is 5.56 Å². The Morgan fingerprint density at radius 3 is 2.57 bits per heavy atom. The first-order valence-corrected chi connectivity index (χ1v) is 9.52. The van der Waals surface area contributed by atoms with Gasteiger partial charge in [-0.15, -0.1) is 0 Å². The van der Waals surface area contributed by atoms with Gasteiger partial charge in [-0.3, -0.25) is 4.99 Å². The predicted octanol–water partition coefficient (Wildman–Crippen LogP) is 1.15. The van der Waals surface area contributed by atoms with Crippen LogP contribution in [0.2, 0.25) is 0 Å². The van der Waals surface area contributed by atoms with Crippen LogP contribution in [-0.2, 0) is 16.3 Å². The van der Waals surface area contributed by atoms with Crippen LogP contribution in [0, 0.1) is 6.92 Å². The maximum atomic E-state index is 11.5. The molecule has 0 unspecified atom stereocenters. The summed E-state index contributed by atoms with van der Waals surface area (Å²) < 4.78 is 28.3. The number of guanidine groups is 1. The molecule has 2 N–H and O–H groups in total. The monoisotopic (exact) mass is 341 g/mol. The normalized spacial score (nSPS) is 12.1. The molecule has 0 aliphatic heterocycles. The molecular formula is C16H27N3O3S. The molecule has 6 nitrogen and oxygen atoms in total. The first-order valence-electron chi connectivity index (χ1n) is 7.70. The Kier molecular flexibility index (Phi) is 7.88. The van der Waals surface area contributed by atoms with E-state index in [1.807, 2.05) is 19.1 Å². The molecule has 7 heteroatoms. The number of nitrogens with one attached hydrogen (secondary N) is 2. The lowest BCUT2D eigenvalue weighted by Gasteiger charge is -2.13. The van der Waals surface area contributed by atoms with Gasteiger partial charge < -0.3 is 15.4 Å². The van der Waals surface area contributed by atoms with E-state index in [0.717, 1.165) is 17.7 Å². The fourth-order valence-corrected chi connectivity index (χ4v) is 2.81. The number of methoxy groups -OCH3 is 1. The first kappa shape index (κ1) is 19.3. The summed E-state index contributed by atoms with van der Waals surface area (Å²) in [5, 5.41) is 6.20. The third-order valence-corrected chi connectivity index (χ3v) is 5.20. The molecule has 130 valence electrons. The molecule has 0 saturated heterocycles. The van der Waals surface area contributed by atoms with Crippen molar-refractivity contribution in [1.29, 1.82) is 0 Å². The molecule has 0 amide bonds. The van der Waals surface area contributed by atoms with Crippen molar-refractivity contribution in [2.75, 3.05) is 38.8 Å². The van der Waals surface area contributed by atoms with E-state index in [-0.39, 0.29) is 11.5 Å². The Balaban J connectivity index is 2.46. The molecule has 0 aliphatic rings. The van der Waals surface area contributed by atoms with Crippen molar-refractivity contribution in [3.63, 3.8) is 0 Å². The number of hydrogen-bond donors (Lipinski definition) is 2. The summed E-state index contributed by atoms with van der Waals surface area (Å²) in [5.74, 6) is 1.74. The van der Waals surface area contributed by atoms with Gasteiger partial charge in [0.05, 0.1) is 12.9 Å². The van der Waals surface area contributed by atoms with Gasteiger partial charge in [0.15, 0.2) is 15.8 Å². The lowest BCUT2D eigenvalue weighted by atomic mass is 10.1. The molecule has 0 heterocycles. The number of aliphatic imine (C=N–C) groups is 1. The van der Waals surface area contributed by atoms with Crippen molar-refractivity contribution in [2.24, 2.45) is 4.99 Å². The second-order valence-electron chi connectivity index (χ2n) is 5.23. The molecule has 1 aromatic carbocycles. The third kappa shape index (κ3) is 6.90. The van der Waals surface area contributed by atoms with Gasteiger partial charge >= 0.3 is 0 Å². The molecule has 0 fully saturated rings. The van der Waals surface area contributed by atoms with E-state index in [1.54, 1.807) is 21.1 Å². The van der Waals surface area contributed by atoms with Crippen molar-refractivity contribution in [1.82, 2.24) is 10.6 Å². The average Bonchev–Trinajstić information content (AvgIpc) is 2.53. The highest BCUT2D eigenvalue weighted by atomic mass is 32.2. The third-order valence-electron chi connectivity index (χ3n) is 3.49. The van der Waals surface area contributed by atoms with Crippen molar-refractivity contribution in [3.8, 4) is 5.75 Å². The summed E-state index contributed by atoms with van der Waals surface area (Å²) in [7, 11) is 0.364. The van der Waals surface area contributed by atoms with Gasteiger partial charge in [-0.25, -0.2) is 8.42 Å². The van der Waals surface area contributed by atoms with E-state index < -0.39 is 9.84 Å². The van der Waals surface area contributed by atoms with E-state index in [0.29, 0.717) is 19.0 Å². The van der Waals surface area contributed by atoms with Gasteiger partial charge in [0, 0.05) is 25.9 Å². The number of ether oxygens (including phenoxy) is 1. The van der Waals surface area contributed by atoms with E-state index in [2.05, 4.69) is 21.7 Å². The lowest BCUT2D eigenvalue weighted by molar-refractivity contribution is 0.409. The van der Waals surface area contributed by atoms with Crippen LogP contribution in [0.4, 0.5) is 0 Å². The molecule has 0 bridgehead atoms. The van der Waals surface area contributed by atoms with E-state index in [9.17, 15) is 8.42 Å². The molecule has 1 rings (SSSR count). The summed E-state index contributed by atoms with van der Waals surface area (Å²) in [6.07, 6.45) is 0.790. The van der Waals surface area contributed by atoms with Gasteiger partial charge in [0.25, 0.3) is 0 Å². The average molecular weight is 341 g/mol. The van der Waals surface area contributed by atoms with Crippen LogP contribution < -0.4 is 15.4 Å². The Labute approximate surface area is 139 Å². The molecular weight excluding hydrogens is 314 g/mol. The number of hydrogen-bond acceptors (Lipinski definition) is 4. The Morgan fingerprint density at radius 2 is 1.96 bits per heavy atom. The molecule has 23 heavy (non-hydrogen) atoms. The molecule has 0 spiro atoms. The molecule has 0 radical (unpaired) electrons. The molecule has 0 aliphatic carbocycles. The summed E-state index contributed by atoms with van der Waals surface area (Å²) in [6, 6.07) is 6.09. The van der Waals surface area contributed by atoms with Gasteiger partial charge in [-0.1, -0.05) is 24.6 Å². The van der Waals surface area contributed by atoms with Gasteiger partial charge in [-0.05, 0) is 25.0 Å². The Morgan fingerprint density at radius 1 is 1.26 bits per heavy atom. The number of sulfone groups is 1. The summed E-state index contributed by atoms with van der Waals surface area (Å²) in [4.78, 5) is 4.09. The zero-order valence-corrected chi connectivity index (χ0v) is 15.2. The fourth-order valence-electron chi connectivity index (χ4n) is 2.11. The van der Waals surface area contributed by atoms with Gasteiger partial charge in [0.1, 0.15) is 5.75 Å². The van der Waals surface area contributed by atoms with Crippen molar-refractivity contribution in [3.05, 3.63) is 29.3 Å². The summed E-state index contributed by atoms with van der Waals surface area (Å²) in [5.41, 5.74) is 2.32. The van der Waals surface area contributed by atoms with Crippen LogP contribution in [-0.4, -0.2) is 53.1 Å². The van der Waals surface area contributed by atoms with Gasteiger partial charge in [0.2, 0.25) is 0 Å². The molecule has 0 aromatic heterocycles. The highest BCUT2D eigenvalue weighted by molar-refractivity contribution is 7.91. The second kappa shape index (κ2) is 9.39. The number of benzene rings is 1. The van der Waals surface area contributed by atoms with Crippen LogP contribution in [0.5, 0.6) is 5.75 Å². The maximum absolute atomic E-state index is 11.5. The summed E-state index contributed by atoms with van der Waals surface area (Å²) in [6.45, 7) is 4.73. The van der Waals surface area contributed by atoms with Crippen LogP contribution in [0.25, 0.3) is 0 Å². The van der Waals surface area contributed by atoms with E-state index in [4.69, 9.17) is 4.74 Å². The second-order valence-corrected chi connectivity index (χ2v) is 7.70. The molecule has 0 saturated carbocycles. The minimum absolute atomic E-state index is 0.107. The fraction of sp³-hybridized carbons (Fsp3) is 0.562. The highest BCUT2D eigenvalue weighted by Gasteiger charge is 2.08. The minimum Gasteiger partial charge on any atom is -0.496 e. The summed E-state index contributed by atoms with van der Waals surface area (Å²) >= 11 is 0. The quantitative estimate of drug-likeness (QED) is 0.548. The van der Waals surface area contributed by atoms with Crippen LogP contribution in [0.3, 0.4) is 0 Å². The number of aryl methyl sites for hydroxylation is 1. The lowest BCUT2D eigenvalue weighted by Crippen LogP contribution is -2.40.